The molecule has 0 unspecified atom stereocenters. The van der Waals surface area contributed by atoms with Gasteiger partial charge >= 0.3 is 0 Å². The van der Waals surface area contributed by atoms with Crippen molar-refractivity contribution in [1.82, 2.24) is 15.2 Å². The molecule has 1 N–H and O–H groups in total. The van der Waals surface area contributed by atoms with Crippen molar-refractivity contribution >= 4 is 16.7 Å². The molecule has 1 aliphatic carbocycles. The predicted molar refractivity (Wildman–Crippen MR) is 61.8 cm³/mol. The van der Waals surface area contributed by atoms with Gasteiger partial charge in [-0.05, 0) is 12.8 Å². The largest absolute Gasteiger partial charge is 0.288 e. The molecule has 1 saturated carbocycles. The Morgan fingerprint density at radius 3 is 2.88 bits per heavy atom. The third-order valence-electron chi connectivity index (χ3n) is 3.40. The van der Waals surface area contributed by atoms with E-state index >= 15 is 0 Å². The van der Waals surface area contributed by atoms with Crippen LogP contribution < -0.4 is 0 Å². The Labute approximate surface area is 97.2 Å². The van der Waals surface area contributed by atoms with E-state index in [1.165, 1.54) is 19.0 Å². The van der Waals surface area contributed by atoms with E-state index < -0.39 is 4.92 Å². The van der Waals surface area contributed by atoms with E-state index in [2.05, 4.69) is 15.2 Å². The molecule has 0 aliphatic heterocycles. The van der Waals surface area contributed by atoms with E-state index in [-0.39, 0.29) is 5.69 Å². The number of hydrogen-bond donors (Lipinski definition) is 1. The summed E-state index contributed by atoms with van der Waals surface area (Å²) >= 11 is 0. The Kier molecular flexibility index (Phi) is 2.28. The first kappa shape index (κ1) is 10.2. The van der Waals surface area contributed by atoms with Crippen LogP contribution in [0.15, 0.2) is 12.3 Å². The van der Waals surface area contributed by atoms with Gasteiger partial charge in [-0.2, -0.15) is 5.10 Å². The van der Waals surface area contributed by atoms with E-state index in [0.717, 1.165) is 23.9 Å². The maximum Gasteiger partial charge on any atom is 0.288 e. The average molecular weight is 232 g/mol. The van der Waals surface area contributed by atoms with E-state index in [1.54, 1.807) is 6.07 Å². The SMILES string of the molecule is O=[N+]([O-])c1cnc2n[nH]c(C3CCCC3)c2c1. The lowest BCUT2D eigenvalue weighted by atomic mass is 10.0. The van der Waals surface area contributed by atoms with Gasteiger partial charge in [-0.25, -0.2) is 4.98 Å². The highest BCUT2D eigenvalue weighted by Gasteiger charge is 2.22. The predicted octanol–water partition coefficient (Wildman–Crippen LogP) is 2.52. The lowest BCUT2D eigenvalue weighted by Gasteiger charge is -2.05. The second kappa shape index (κ2) is 3.80. The zero-order valence-corrected chi connectivity index (χ0v) is 9.22. The Morgan fingerprint density at radius 2 is 2.18 bits per heavy atom. The van der Waals surface area contributed by atoms with Crippen LogP contribution in [0.5, 0.6) is 0 Å². The molecule has 0 radical (unpaired) electrons. The lowest BCUT2D eigenvalue weighted by Crippen LogP contribution is -1.94. The van der Waals surface area contributed by atoms with Crippen LogP contribution in [0.25, 0.3) is 11.0 Å². The van der Waals surface area contributed by atoms with Gasteiger partial charge in [0.15, 0.2) is 5.65 Å². The number of fused-ring (bicyclic) bond motifs is 1. The van der Waals surface area contributed by atoms with Crippen LogP contribution in [0.4, 0.5) is 5.69 Å². The highest BCUT2D eigenvalue weighted by atomic mass is 16.6. The van der Waals surface area contributed by atoms with Gasteiger partial charge < -0.3 is 0 Å². The number of rotatable bonds is 2. The number of nitrogens with one attached hydrogen (secondary N) is 1. The van der Waals surface area contributed by atoms with Gasteiger partial charge in [0.1, 0.15) is 6.20 Å². The van der Waals surface area contributed by atoms with Crippen molar-refractivity contribution in [2.75, 3.05) is 0 Å². The van der Waals surface area contributed by atoms with Crippen molar-refractivity contribution < 1.29 is 4.92 Å². The second-order valence-electron chi connectivity index (χ2n) is 4.44. The molecule has 0 saturated heterocycles. The van der Waals surface area contributed by atoms with Crippen molar-refractivity contribution in [3.63, 3.8) is 0 Å². The third-order valence-corrected chi connectivity index (χ3v) is 3.40. The Bertz CT molecular complexity index is 572. The van der Waals surface area contributed by atoms with Crippen molar-refractivity contribution in [3.05, 3.63) is 28.1 Å². The first-order valence-electron chi connectivity index (χ1n) is 5.74. The molecule has 88 valence electrons. The highest BCUT2D eigenvalue weighted by molar-refractivity contribution is 5.80. The fourth-order valence-corrected chi connectivity index (χ4v) is 2.53. The molecule has 1 aliphatic rings. The third kappa shape index (κ3) is 1.65. The first-order valence-corrected chi connectivity index (χ1v) is 5.74. The summed E-state index contributed by atoms with van der Waals surface area (Å²) < 4.78 is 0. The van der Waals surface area contributed by atoms with Gasteiger partial charge in [-0.1, -0.05) is 12.8 Å². The van der Waals surface area contributed by atoms with Gasteiger partial charge in [0.2, 0.25) is 0 Å². The van der Waals surface area contributed by atoms with Crippen LogP contribution in [0, 0.1) is 10.1 Å². The summed E-state index contributed by atoms with van der Waals surface area (Å²) in [6, 6.07) is 1.57. The normalized spacial score (nSPS) is 16.7. The number of nitrogens with zero attached hydrogens (tertiary/aromatic N) is 3. The van der Waals surface area contributed by atoms with Crippen molar-refractivity contribution in [2.45, 2.75) is 31.6 Å². The molecule has 2 aromatic rings. The number of aromatic nitrogens is 3. The smallest absolute Gasteiger partial charge is 0.279 e. The first-order chi connectivity index (χ1) is 8.25. The summed E-state index contributed by atoms with van der Waals surface area (Å²) in [6.45, 7) is 0. The number of aromatic amines is 1. The summed E-state index contributed by atoms with van der Waals surface area (Å²) in [4.78, 5) is 14.3. The molecule has 2 heterocycles. The van der Waals surface area contributed by atoms with Crippen LogP contribution in [0.3, 0.4) is 0 Å². The van der Waals surface area contributed by atoms with E-state index in [4.69, 9.17) is 0 Å². The zero-order valence-electron chi connectivity index (χ0n) is 9.22. The molecule has 6 nitrogen and oxygen atoms in total. The number of nitro groups is 1. The summed E-state index contributed by atoms with van der Waals surface area (Å²) in [7, 11) is 0. The van der Waals surface area contributed by atoms with Crippen molar-refractivity contribution in [2.24, 2.45) is 0 Å². The standard InChI is InChI=1S/C11H12N4O2/c16-15(17)8-5-9-10(7-3-1-2-4-7)13-14-11(9)12-6-8/h5-7H,1-4H2,(H,12,13,14). The fourth-order valence-electron chi connectivity index (χ4n) is 2.53. The van der Waals surface area contributed by atoms with E-state index in [9.17, 15) is 10.1 Å². The molecule has 1 fully saturated rings. The van der Waals surface area contributed by atoms with Crippen LogP contribution in [-0.4, -0.2) is 20.1 Å². The fraction of sp³-hybridized carbons (Fsp3) is 0.455. The summed E-state index contributed by atoms with van der Waals surface area (Å²) in [5.74, 6) is 0.448. The minimum Gasteiger partial charge on any atom is -0.279 e. The maximum atomic E-state index is 10.7. The summed E-state index contributed by atoms with van der Waals surface area (Å²) in [5, 5.41) is 18.6. The molecule has 0 bridgehead atoms. The van der Waals surface area contributed by atoms with Crippen molar-refractivity contribution in [1.29, 1.82) is 0 Å². The summed E-state index contributed by atoms with van der Waals surface area (Å²) in [6.07, 6.45) is 5.93. The molecule has 0 amide bonds. The van der Waals surface area contributed by atoms with Gasteiger partial charge in [0.05, 0.1) is 4.92 Å². The van der Waals surface area contributed by atoms with Gasteiger partial charge in [0.25, 0.3) is 5.69 Å². The Morgan fingerprint density at radius 1 is 1.41 bits per heavy atom. The van der Waals surface area contributed by atoms with Crippen LogP contribution in [0.1, 0.15) is 37.3 Å². The quantitative estimate of drug-likeness (QED) is 0.636. The molecular weight excluding hydrogens is 220 g/mol. The van der Waals surface area contributed by atoms with E-state index in [1.807, 2.05) is 0 Å². The minimum absolute atomic E-state index is 0.0261. The number of H-pyrrole nitrogens is 1. The average Bonchev–Trinajstić information content (AvgIpc) is 2.96. The van der Waals surface area contributed by atoms with Crippen LogP contribution >= 0.6 is 0 Å². The Balaban J connectivity index is 2.11. The van der Waals surface area contributed by atoms with Gasteiger partial charge in [-0.15, -0.1) is 0 Å². The highest BCUT2D eigenvalue weighted by Crippen LogP contribution is 2.36. The number of pyridine rings is 1. The molecule has 3 rings (SSSR count). The van der Waals surface area contributed by atoms with Crippen molar-refractivity contribution in [3.8, 4) is 0 Å². The van der Waals surface area contributed by atoms with Crippen LogP contribution in [-0.2, 0) is 0 Å². The Hall–Kier alpha value is -1.98. The summed E-state index contributed by atoms with van der Waals surface area (Å²) in [5.41, 5.74) is 1.60. The molecular formula is C11H12N4O2. The minimum atomic E-state index is -0.419. The lowest BCUT2D eigenvalue weighted by molar-refractivity contribution is -0.385. The zero-order chi connectivity index (χ0) is 11.8. The molecule has 2 aromatic heterocycles. The van der Waals surface area contributed by atoms with Crippen LogP contribution in [0.2, 0.25) is 0 Å². The number of hydrogen-bond acceptors (Lipinski definition) is 4. The molecule has 0 spiro atoms. The van der Waals surface area contributed by atoms with E-state index in [0.29, 0.717) is 11.6 Å². The molecule has 0 atom stereocenters. The topological polar surface area (TPSA) is 84.7 Å². The monoisotopic (exact) mass is 232 g/mol. The molecule has 17 heavy (non-hydrogen) atoms. The van der Waals surface area contributed by atoms with Gasteiger partial charge in [-0.3, -0.25) is 15.2 Å². The molecule has 6 heteroatoms. The molecule has 0 aromatic carbocycles. The maximum absolute atomic E-state index is 10.7. The van der Waals surface area contributed by atoms with Gasteiger partial charge in [0, 0.05) is 23.1 Å². The second-order valence-corrected chi connectivity index (χ2v) is 4.44.